The van der Waals surface area contributed by atoms with E-state index in [2.05, 4.69) is 31.5 Å². The van der Waals surface area contributed by atoms with Crippen LogP contribution in [0.4, 0.5) is 11.4 Å². The first-order valence-corrected chi connectivity index (χ1v) is 10.1. The molecular formula is C20H18N6O3S. The SMILES string of the molecule is Cc1cc(C)c2[nH]c3nc(SCC(=O)Nc4ccc(C)c([N+](=O)[O-])c4)nnc3c2c1. The topological polar surface area (TPSA) is 127 Å². The van der Waals surface area contributed by atoms with Gasteiger partial charge in [0.2, 0.25) is 11.1 Å². The van der Waals surface area contributed by atoms with Crippen molar-refractivity contribution in [1.29, 1.82) is 0 Å². The molecule has 0 saturated heterocycles. The van der Waals surface area contributed by atoms with Gasteiger partial charge in [-0.15, -0.1) is 10.2 Å². The molecule has 2 heterocycles. The molecule has 1 amide bonds. The molecule has 10 heteroatoms. The number of carbonyl (C=O) groups excluding carboxylic acids is 1. The Morgan fingerprint density at radius 2 is 1.97 bits per heavy atom. The number of aryl methyl sites for hydroxylation is 3. The van der Waals surface area contributed by atoms with Crippen molar-refractivity contribution in [3.05, 3.63) is 57.1 Å². The van der Waals surface area contributed by atoms with Crippen molar-refractivity contribution in [3.8, 4) is 0 Å². The summed E-state index contributed by atoms with van der Waals surface area (Å²) in [5, 5.41) is 23.5. The number of nitrogens with zero attached hydrogens (tertiary/aromatic N) is 4. The van der Waals surface area contributed by atoms with Crippen LogP contribution in [0.1, 0.15) is 16.7 Å². The summed E-state index contributed by atoms with van der Waals surface area (Å²) >= 11 is 1.14. The molecule has 0 bridgehead atoms. The number of hydrogen-bond donors (Lipinski definition) is 2. The summed E-state index contributed by atoms with van der Waals surface area (Å²) in [6, 6.07) is 8.70. The number of H-pyrrole nitrogens is 1. The number of benzene rings is 2. The predicted molar refractivity (Wildman–Crippen MR) is 116 cm³/mol. The summed E-state index contributed by atoms with van der Waals surface area (Å²) < 4.78 is 0. The molecule has 9 nitrogen and oxygen atoms in total. The summed E-state index contributed by atoms with van der Waals surface area (Å²) in [6.07, 6.45) is 0. The maximum absolute atomic E-state index is 12.3. The summed E-state index contributed by atoms with van der Waals surface area (Å²) in [7, 11) is 0. The van der Waals surface area contributed by atoms with Gasteiger partial charge in [-0.25, -0.2) is 4.98 Å². The highest BCUT2D eigenvalue weighted by Crippen LogP contribution is 2.27. The number of nitro groups is 1. The molecule has 0 aliphatic carbocycles. The zero-order valence-electron chi connectivity index (χ0n) is 16.5. The fraction of sp³-hybridized carbons (Fsp3) is 0.200. The quantitative estimate of drug-likeness (QED) is 0.282. The van der Waals surface area contributed by atoms with Crippen molar-refractivity contribution < 1.29 is 9.72 Å². The molecule has 2 N–H and O–H groups in total. The number of amides is 1. The summed E-state index contributed by atoms with van der Waals surface area (Å²) in [4.78, 5) is 30.6. The number of thioether (sulfide) groups is 1. The molecule has 152 valence electrons. The number of nitrogens with one attached hydrogen (secondary N) is 2. The Kier molecular flexibility index (Phi) is 5.08. The number of hydrogen-bond acceptors (Lipinski definition) is 7. The Balaban J connectivity index is 1.49. The molecule has 0 fully saturated rings. The van der Waals surface area contributed by atoms with E-state index in [0.717, 1.165) is 33.8 Å². The number of carbonyl (C=O) groups is 1. The van der Waals surface area contributed by atoms with Crippen LogP contribution in [0.25, 0.3) is 22.1 Å². The fourth-order valence-electron chi connectivity index (χ4n) is 3.29. The molecule has 4 rings (SSSR count). The average Bonchev–Trinajstić information content (AvgIpc) is 3.06. The molecule has 0 unspecified atom stereocenters. The van der Waals surface area contributed by atoms with Crippen molar-refractivity contribution in [3.63, 3.8) is 0 Å². The monoisotopic (exact) mass is 422 g/mol. The van der Waals surface area contributed by atoms with Gasteiger partial charge in [-0.3, -0.25) is 14.9 Å². The third kappa shape index (κ3) is 3.81. The van der Waals surface area contributed by atoms with Crippen molar-refractivity contribution in [1.82, 2.24) is 20.2 Å². The van der Waals surface area contributed by atoms with E-state index in [-0.39, 0.29) is 17.3 Å². The largest absolute Gasteiger partial charge is 0.337 e. The van der Waals surface area contributed by atoms with Crippen LogP contribution in [0.3, 0.4) is 0 Å². The summed E-state index contributed by atoms with van der Waals surface area (Å²) in [6.45, 7) is 5.69. The summed E-state index contributed by atoms with van der Waals surface area (Å²) in [5.74, 6) is -0.266. The number of fused-ring (bicyclic) bond motifs is 3. The molecule has 0 atom stereocenters. The van der Waals surface area contributed by atoms with Crippen LogP contribution in [0.15, 0.2) is 35.5 Å². The standard InChI is InChI=1S/C20H18N6O3S/c1-10-6-12(3)17-14(7-10)18-19(22-17)23-20(25-24-18)30-9-16(27)21-13-5-4-11(2)15(8-13)26(28)29/h4-8H,9H2,1-3H3,(H,21,27)(H,22,23,25). The van der Waals surface area contributed by atoms with Crippen LogP contribution >= 0.6 is 11.8 Å². The summed E-state index contributed by atoms with van der Waals surface area (Å²) in [5.41, 5.74) is 5.38. The Morgan fingerprint density at radius 3 is 2.73 bits per heavy atom. The molecule has 0 aliphatic heterocycles. The van der Waals surface area contributed by atoms with Gasteiger partial charge in [0.1, 0.15) is 5.52 Å². The van der Waals surface area contributed by atoms with Gasteiger partial charge in [-0.05, 0) is 38.5 Å². The van der Waals surface area contributed by atoms with Crippen LogP contribution in [0.5, 0.6) is 0 Å². The van der Waals surface area contributed by atoms with Crippen molar-refractivity contribution in [2.24, 2.45) is 0 Å². The number of aromatic nitrogens is 4. The molecule has 4 aromatic rings. The molecule has 0 spiro atoms. The predicted octanol–water partition coefficient (Wildman–Crippen LogP) is 4.07. The lowest BCUT2D eigenvalue weighted by atomic mass is 10.1. The second-order valence-corrected chi connectivity index (χ2v) is 7.96. The van der Waals surface area contributed by atoms with Crippen molar-refractivity contribution in [2.75, 3.05) is 11.1 Å². The zero-order chi connectivity index (χ0) is 21.4. The van der Waals surface area contributed by atoms with Crippen LogP contribution in [0, 0.1) is 30.9 Å². The van der Waals surface area contributed by atoms with Gasteiger partial charge in [-0.1, -0.05) is 29.5 Å². The highest BCUT2D eigenvalue weighted by molar-refractivity contribution is 7.99. The lowest BCUT2D eigenvalue weighted by Crippen LogP contribution is -2.14. The van der Waals surface area contributed by atoms with Gasteiger partial charge in [0, 0.05) is 22.7 Å². The zero-order valence-corrected chi connectivity index (χ0v) is 17.3. The maximum Gasteiger partial charge on any atom is 0.274 e. The van der Waals surface area contributed by atoms with E-state index in [1.165, 1.54) is 6.07 Å². The first-order valence-electron chi connectivity index (χ1n) is 9.13. The Hall–Kier alpha value is -3.53. The minimum Gasteiger partial charge on any atom is -0.337 e. The molecule has 0 radical (unpaired) electrons. The van der Waals surface area contributed by atoms with E-state index in [1.54, 1.807) is 19.1 Å². The van der Waals surface area contributed by atoms with Crippen LogP contribution in [0.2, 0.25) is 0 Å². The highest BCUT2D eigenvalue weighted by atomic mass is 32.2. The van der Waals surface area contributed by atoms with Crippen LogP contribution in [-0.4, -0.2) is 36.7 Å². The maximum atomic E-state index is 12.3. The lowest BCUT2D eigenvalue weighted by Gasteiger charge is -2.05. The third-order valence-electron chi connectivity index (χ3n) is 4.67. The van der Waals surface area contributed by atoms with E-state index < -0.39 is 4.92 Å². The minimum atomic E-state index is -0.474. The Bertz CT molecular complexity index is 1320. The number of nitro benzene ring substituents is 1. The number of aromatic amines is 1. The Morgan fingerprint density at radius 1 is 1.17 bits per heavy atom. The molecular weight excluding hydrogens is 404 g/mol. The molecule has 2 aromatic heterocycles. The van der Waals surface area contributed by atoms with E-state index in [4.69, 9.17) is 0 Å². The smallest absolute Gasteiger partial charge is 0.274 e. The molecule has 0 aliphatic rings. The van der Waals surface area contributed by atoms with Crippen molar-refractivity contribution in [2.45, 2.75) is 25.9 Å². The van der Waals surface area contributed by atoms with Gasteiger partial charge < -0.3 is 10.3 Å². The highest BCUT2D eigenvalue weighted by Gasteiger charge is 2.14. The van der Waals surface area contributed by atoms with Gasteiger partial charge in [-0.2, -0.15) is 0 Å². The minimum absolute atomic E-state index is 0.0391. The van der Waals surface area contributed by atoms with Crippen LogP contribution < -0.4 is 5.32 Å². The lowest BCUT2D eigenvalue weighted by molar-refractivity contribution is -0.385. The van der Waals surface area contributed by atoms with Gasteiger partial charge in [0.15, 0.2) is 5.65 Å². The third-order valence-corrected chi connectivity index (χ3v) is 5.51. The Labute approximate surface area is 175 Å². The van der Waals surface area contributed by atoms with Crippen molar-refractivity contribution >= 4 is 51.1 Å². The first-order chi connectivity index (χ1) is 14.3. The number of rotatable bonds is 5. The van der Waals surface area contributed by atoms with E-state index in [1.807, 2.05) is 19.9 Å². The van der Waals surface area contributed by atoms with E-state index in [9.17, 15) is 14.9 Å². The van der Waals surface area contributed by atoms with E-state index >= 15 is 0 Å². The second kappa shape index (κ2) is 7.71. The normalized spacial score (nSPS) is 11.2. The van der Waals surface area contributed by atoms with Gasteiger partial charge in [0.25, 0.3) is 5.69 Å². The first kappa shape index (κ1) is 19.8. The van der Waals surface area contributed by atoms with Gasteiger partial charge in [0.05, 0.1) is 16.2 Å². The second-order valence-electron chi connectivity index (χ2n) is 7.02. The molecule has 0 saturated carbocycles. The number of anilines is 1. The fourth-order valence-corrected chi connectivity index (χ4v) is 3.88. The molecule has 2 aromatic carbocycles. The van der Waals surface area contributed by atoms with Gasteiger partial charge >= 0.3 is 0 Å². The average molecular weight is 422 g/mol. The van der Waals surface area contributed by atoms with Crippen LogP contribution in [-0.2, 0) is 4.79 Å². The van der Waals surface area contributed by atoms with E-state index in [0.29, 0.717) is 27.6 Å². The molecule has 30 heavy (non-hydrogen) atoms.